The molecular formula is C28H38N4O. The summed E-state index contributed by atoms with van der Waals surface area (Å²) in [5.41, 5.74) is 3.65. The normalized spacial score (nSPS) is 15.6. The van der Waals surface area contributed by atoms with Crippen LogP contribution in [-0.4, -0.2) is 43.1 Å². The number of hydrogen-bond acceptors (Lipinski definition) is 3. The number of fused-ring (bicyclic) bond motifs is 1. The Morgan fingerprint density at radius 1 is 1.06 bits per heavy atom. The quantitative estimate of drug-likeness (QED) is 0.368. The van der Waals surface area contributed by atoms with Crippen molar-refractivity contribution in [1.29, 1.82) is 0 Å². The van der Waals surface area contributed by atoms with Gasteiger partial charge in [0, 0.05) is 42.4 Å². The van der Waals surface area contributed by atoms with Gasteiger partial charge in [0.05, 0.1) is 6.04 Å². The molecule has 0 spiro atoms. The van der Waals surface area contributed by atoms with Crippen molar-refractivity contribution in [3.05, 3.63) is 66.4 Å². The van der Waals surface area contributed by atoms with Gasteiger partial charge in [-0.15, -0.1) is 0 Å². The molecule has 1 aliphatic rings. The third-order valence-electron chi connectivity index (χ3n) is 6.92. The molecule has 3 aromatic rings. The number of nitrogens with one attached hydrogen (secondary N) is 3. The Morgan fingerprint density at radius 2 is 1.82 bits per heavy atom. The molecule has 0 radical (unpaired) electrons. The second-order valence-corrected chi connectivity index (χ2v) is 9.27. The molecule has 5 heteroatoms. The van der Waals surface area contributed by atoms with E-state index < -0.39 is 0 Å². The Balaban J connectivity index is 1.26. The van der Waals surface area contributed by atoms with Crippen LogP contribution in [0.1, 0.15) is 44.6 Å². The first kappa shape index (κ1) is 23.4. The fraction of sp³-hybridized carbons (Fsp3) is 0.464. The van der Waals surface area contributed by atoms with Gasteiger partial charge in [0.2, 0.25) is 5.91 Å². The first-order chi connectivity index (χ1) is 16.2. The number of aromatic amines is 1. The van der Waals surface area contributed by atoms with Crippen LogP contribution >= 0.6 is 0 Å². The monoisotopic (exact) mass is 446 g/mol. The number of carbonyl (C=O) groups excluding carboxylic acids is 1. The fourth-order valence-corrected chi connectivity index (χ4v) is 4.87. The average Bonchev–Trinajstić information content (AvgIpc) is 3.27. The minimum atomic E-state index is -0.198. The maximum Gasteiger partial charge on any atom is 0.237 e. The molecule has 1 aliphatic heterocycles. The highest BCUT2D eigenvalue weighted by atomic mass is 16.2. The Bertz CT molecular complexity index is 991. The predicted molar refractivity (Wildman–Crippen MR) is 138 cm³/mol. The number of piperidine rings is 1. The number of para-hydroxylation sites is 2. The van der Waals surface area contributed by atoms with Crippen molar-refractivity contribution >= 4 is 22.5 Å². The van der Waals surface area contributed by atoms with Gasteiger partial charge in [-0.2, -0.15) is 0 Å². The Morgan fingerprint density at radius 3 is 2.61 bits per heavy atom. The van der Waals surface area contributed by atoms with Crippen molar-refractivity contribution in [2.24, 2.45) is 5.92 Å². The lowest BCUT2D eigenvalue weighted by atomic mass is 9.93. The van der Waals surface area contributed by atoms with Gasteiger partial charge in [-0.25, -0.2) is 0 Å². The van der Waals surface area contributed by atoms with Gasteiger partial charge >= 0.3 is 0 Å². The molecule has 33 heavy (non-hydrogen) atoms. The second-order valence-electron chi connectivity index (χ2n) is 9.27. The van der Waals surface area contributed by atoms with Crippen LogP contribution in [0, 0.1) is 5.92 Å². The Labute approximate surface area is 198 Å². The topological polar surface area (TPSA) is 60.2 Å². The van der Waals surface area contributed by atoms with Crippen LogP contribution in [0.5, 0.6) is 0 Å². The zero-order valence-corrected chi connectivity index (χ0v) is 19.9. The highest BCUT2D eigenvalue weighted by Crippen LogP contribution is 2.25. The van der Waals surface area contributed by atoms with Crippen molar-refractivity contribution < 1.29 is 4.79 Å². The van der Waals surface area contributed by atoms with Crippen LogP contribution in [0.25, 0.3) is 10.9 Å². The summed E-state index contributed by atoms with van der Waals surface area (Å²) in [4.78, 5) is 18.9. The van der Waals surface area contributed by atoms with Gasteiger partial charge in [-0.05, 0) is 68.3 Å². The maximum absolute atomic E-state index is 13.1. The van der Waals surface area contributed by atoms with Gasteiger partial charge < -0.3 is 20.5 Å². The van der Waals surface area contributed by atoms with E-state index in [0.717, 1.165) is 51.0 Å². The minimum absolute atomic E-state index is 0.123. The number of carbonyl (C=O) groups is 1. The summed E-state index contributed by atoms with van der Waals surface area (Å²) < 4.78 is 0. The highest BCUT2D eigenvalue weighted by Gasteiger charge is 2.22. The lowest BCUT2D eigenvalue weighted by Gasteiger charge is -2.33. The summed E-state index contributed by atoms with van der Waals surface area (Å²) in [5, 5.41) is 7.94. The molecular weight excluding hydrogens is 408 g/mol. The van der Waals surface area contributed by atoms with E-state index in [1.807, 2.05) is 12.3 Å². The second kappa shape index (κ2) is 11.9. The van der Waals surface area contributed by atoms with Gasteiger partial charge in [0.25, 0.3) is 0 Å². The third-order valence-corrected chi connectivity index (χ3v) is 6.92. The van der Waals surface area contributed by atoms with E-state index in [1.54, 1.807) is 0 Å². The number of amides is 1. The van der Waals surface area contributed by atoms with E-state index >= 15 is 0 Å². The summed E-state index contributed by atoms with van der Waals surface area (Å²) >= 11 is 0. The fourth-order valence-electron chi connectivity index (χ4n) is 4.87. The van der Waals surface area contributed by atoms with Crippen molar-refractivity contribution in [3.8, 4) is 0 Å². The summed E-state index contributed by atoms with van der Waals surface area (Å²) in [6, 6.07) is 18.8. The largest absolute Gasteiger partial charge is 0.372 e. The van der Waals surface area contributed by atoms with Crippen LogP contribution in [0.15, 0.2) is 60.8 Å². The number of H-pyrrole nitrogens is 1. The first-order valence-electron chi connectivity index (χ1n) is 12.6. The van der Waals surface area contributed by atoms with E-state index in [0.29, 0.717) is 12.3 Å². The highest BCUT2D eigenvalue weighted by molar-refractivity contribution is 5.86. The minimum Gasteiger partial charge on any atom is -0.372 e. The van der Waals surface area contributed by atoms with E-state index in [9.17, 15) is 4.79 Å². The van der Waals surface area contributed by atoms with Crippen LogP contribution in [-0.2, 0) is 11.2 Å². The molecule has 0 saturated carbocycles. The van der Waals surface area contributed by atoms with Crippen LogP contribution < -0.4 is 15.5 Å². The number of aromatic nitrogens is 1. The summed E-state index contributed by atoms with van der Waals surface area (Å²) in [5.74, 6) is 0.809. The van der Waals surface area contributed by atoms with Crippen LogP contribution in [0.2, 0.25) is 0 Å². The molecule has 1 amide bonds. The number of anilines is 1. The van der Waals surface area contributed by atoms with E-state index in [-0.39, 0.29) is 11.9 Å². The molecule has 0 unspecified atom stereocenters. The van der Waals surface area contributed by atoms with Gasteiger partial charge in [0.15, 0.2) is 0 Å². The smallest absolute Gasteiger partial charge is 0.237 e. The number of benzene rings is 2. The molecule has 1 atom stereocenters. The molecule has 2 heterocycles. The Kier molecular flexibility index (Phi) is 8.42. The molecule has 3 N–H and O–H groups in total. The van der Waals surface area contributed by atoms with Crippen molar-refractivity contribution in [2.75, 3.05) is 31.1 Å². The third kappa shape index (κ3) is 6.38. The molecule has 2 aromatic carbocycles. The molecule has 4 rings (SSSR count). The molecule has 1 fully saturated rings. The van der Waals surface area contributed by atoms with Gasteiger partial charge in [-0.3, -0.25) is 4.79 Å². The summed E-state index contributed by atoms with van der Waals surface area (Å²) in [6.07, 6.45) is 8.40. The van der Waals surface area contributed by atoms with Gasteiger partial charge in [-0.1, -0.05) is 49.7 Å². The summed E-state index contributed by atoms with van der Waals surface area (Å²) in [6.45, 7) is 6.01. The van der Waals surface area contributed by atoms with E-state index in [4.69, 9.17) is 0 Å². The standard InChI is InChI=1S/C28H38N4O/c1-2-3-16-29-27(20-23-21-31-26-12-8-7-11-25(23)26)28(33)30-17-13-22-14-18-32(19-15-22)24-9-5-4-6-10-24/h4-12,21-22,27,29,31H,2-3,13-20H2,1H3,(H,30,33)/t27-/m0/s1. The maximum atomic E-state index is 13.1. The van der Waals surface area contributed by atoms with Crippen molar-refractivity contribution in [1.82, 2.24) is 15.6 Å². The van der Waals surface area contributed by atoms with E-state index in [2.05, 4.69) is 76.0 Å². The molecule has 0 aliphatic carbocycles. The number of unbranched alkanes of at least 4 members (excludes halogenated alkanes) is 1. The predicted octanol–water partition coefficient (Wildman–Crippen LogP) is 4.89. The molecule has 1 saturated heterocycles. The first-order valence-corrected chi connectivity index (χ1v) is 12.6. The van der Waals surface area contributed by atoms with Crippen LogP contribution in [0.4, 0.5) is 5.69 Å². The number of hydrogen-bond donors (Lipinski definition) is 3. The molecule has 176 valence electrons. The van der Waals surface area contributed by atoms with E-state index in [1.165, 1.54) is 29.5 Å². The molecule has 5 nitrogen and oxygen atoms in total. The molecule has 0 bridgehead atoms. The zero-order chi connectivity index (χ0) is 22.9. The zero-order valence-electron chi connectivity index (χ0n) is 19.9. The average molecular weight is 447 g/mol. The Hall–Kier alpha value is -2.79. The summed E-state index contributed by atoms with van der Waals surface area (Å²) in [7, 11) is 0. The lowest BCUT2D eigenvalue weighted by Crippen LogP contribution is -2.46. The van der Waals surface area contributed by atoms with Crippen molar-refractivity contribution in [3.63, 3.8) is 0 Å². The van der Waals surface area contributed by atoms with Crippen LogP contribution in [0.3, 0.4) is 0 Å². The number of nitrogens with zero attached hydrogens (tertiary/aromatic N) is 1. The van der Waals surface area contributed by atoms with Crippen molar-refractivity contribution in [2.45, 2.75) is 51.5 Å². The number of rotatable bonds is 11. The van der Waals surface area contributed by atoms with Gasteiger partial charge in [0.1, 0.15) is 0 Å². The SMILES string of the molecule is CCCCN[C@@H](Cc1c[nH]c2ccccc12)C(=O)NCCC1CCN(c2ccccc2)CC1. The molecule has 1 aromatic heterocycles. The lowest BCUT2D eigenvalue weighted by molar-refractivity contribution is -0.123.